The number of halogens is 2. The molecule has 0 unspecified atom stereocenters. The Morgan fingerprint density at radius 2 is 1.79 bits per heavy atom. The number of rotatable bonds is 6. The summed E-state index contributed by atoms with van der Waals surface area (Å²) in [6, 6.07) is 1.47. The number of ether oxygens (including phenoxy) is 2. The molecule has 0 amide bonds. The first-order chi connectivity index (χ1) is 11.2. The van der Waals surface area contributed by atoms with Crippen molar-refractivity contribution in [1.82, 2.24) is 9.97 Å². The van der Waals surface area contributed by atoms with Crippen molar-refractivity contribution in [3.8, 4) is 11.8 Å². The molecule has 0 saturated heterocycles. The van der Waals surface area contributed by atoms with E-state index < -0.39 is 10.0 Å². The summed E-state index contributed by atoms with van der Waals surface area (Å²) in [5.74, 6) is 0.227. The molecule has 0 fully saturated rings. The van der Waals surface area contributed by atoms with Crippen molar-refractivity contribution in [2.24, 2.45) is 5.73 Å². The Morgan fingerprint density at radius 1 is 1.21 bits per heavy atom. The summed E-state index contributed by atoms with van der Waals surface area (Å²) < 4.78 is 35.6. The first-order valence-electron chi connectivity index (χ1n) is 6.70. The van der Waals surface area contributed by atoms with Gasteiger partial charge in [0, 0.05) is 13.1 Å². The second-order valence-corrected chi connectivity index (χ2v) is 7.45. The molecule has 2 rings (SSSR count). The van der Waals surface area contributed by atoms with Crippen LogP contribution >= 0.6 is 23.2 Å². The fourth-order valence-electron chi connectivity index (χ4n) is 2.15. The third-order valence-corrected chi connectivity index (χ3v) is 5.08. The Kier molecular flexibility index (Phi) is 5.59. The summed E-state index contributed by atoms with van der Waals surface area (Å²) in [6.07, 6.45) is 1.04. The topological polar surface area (TPSA) is 108 Å². The number of sulfonamides is 1. The molecule has 2 N–H and O–H groups in total. The van der Waals surface area contributed by atoms with Crippen LogP contribution in [0, 0.1) is 0 Å². The lowest BCUT2D eigenvalue weighted by Gasteiger charge is -2.24. The largest absolute Gasteiger partial charge is 0.477 e. The first kappa shape index (κ1) is 18.8. The summed E-state index contributed by atoms with van der Waals surface area (Å²) in [5.41, 5.74) is 6.15. The second kappa shape index (κ2) is 7.14. The summed E-state index contributed by atoms with van der Waals surface area (Å²) >= 11 is 12.4. The number of nitrogens with zero attached hydrogens (tertiary/aromatic N) is 3. The van der Waals surface area contributed by atoms with Crippen LogP contribution < -0.4 is 19.5 Å². The standard InChI is InChI=1S/C13H16Cl2N4O4S/c1-22-12-13(23-2)18-10-8(17-12)6-7(14)9(15)11(10)19(5-4-16)24(3,20)21/h6H,4-5,16H2,1-3H3. The Morgan fingerprint density at radius 3 is 2.29 bits per heavy atom. The molecule has 1 heterocycles. The fourth-order valence-corrected chi connectivity index (χ4v) is 3.58. The molecule has 1 aromatic heterocycles. The summed E-state index contributed by atoms with van der Waals surface area (Å²) in [4.78, 5) is 8.53. The van der Waals surface area contributed by atoms with Crippen molar-refractivity contribution < 1.29 is 17.9 Å². The van der Waals surface area contributed by atoms with E-state index >= 15 is 0 Å². The summed E-state index contributed by atoms with van der Waals surface area (Å²) in [6.45, 7) is 0.0855. The van der Waals surface area contributed by atoms with Crippen LogP contribution in [0.15, 0.2) is 6.07 Å². The van der Waals surface area contributed by atoms with E-state index in [1.54, 1.807) is 0 Å². The zero-order valence-electron chi connectivity index (χ0n) is 13.2. The number of fused-ring (bicyclic) bond motifs is 1. The van der Waals surface area contributed by atoms with Crippen LogP contribution in [0.1, 0.15) is 0 Å². The first-order valence-corrected chi connectivity index (χ1v) is 9.30. The van der Waals surface area contributed by atoms with Gasteiger partial charge in [-0.3, -0.25) is 4.31 Å². The van der Waals surface area contributed by atoms with Crippen LogP contribution in [0.5, 0.6) is 11.8 Å². The maximum absolute atomic E-state index is 12.2. The molecule has 1 aromatic carbocycles. The minimum atomic E-state index is -3.68. The van der Waals surface area contributed by atoms with Crippen LogP contribution in [-0.2, 0) is 10.0 Å². The lowest BCUT2D eigenvalue weighted by molar-refractivity contribution is 0.334. The Bertz CT molecular complexity index is 876. The molecular weight excluding hydrogens is 379 g/mol. The van der Waals surface area contributed by atoms with Gasteiger partial charge in [0.2, 0.25) is 10.0 Å². The molecule has 0 aliphatic carbocycles. The molecule has 0 bridgehead atoms. The maximum atomic E-state index is 12.2. The molecule has 2 aromatic rings. The molecule has 11 heteroatoms. The van der Waals surface area contributed by atoms with Gasteiger partial charge in [0.1, 0.15) is 5.52 Å². The molecule has 0 radical (unpaired) electrons. The van der Waals surface area contributed by atoms with Gasteiger partial charge in [0.15, 0.2) is 0 Å². The van der Waals surface area contributed by atoms with E-state index in [-0.39, 0.29) is 46.1 Å². The SMILES string of the molecule is COc1nc2cc(Cl)c(Cl)c(N(CCN)S(C)(=O)=O)c2nc1OC. The predicted molar refractivity (Wildman–Crippen MR) is 93.9 cm³/mol. The van der Waals surface area contributed by atoms with Crippen LogP contribution in [-0.4, -0.2) is 52.0 Å². The minimum Gasteiger partial charge on any atom is -0.477 e. The number of aromatic nitrogens is 2. The van der Waals surface area contributed by atoms with Crippen molar-refractivity contribution in [3.05, 3.63) is 16.1 Å². The smallest absolute Gasteiger partial charge is 0.278 e. The van der Waals surface area contributed by atoms with E-state index in [0.29, 0.717) is 5.52 Å². The number of hydrogen-bond acceptors (Lipinski definition) is 7. The van der Waals surface area contributed by atoms with Crippen LogP contribution in [0.2, 0.25) is 10.0 Å². The van der Waals surface area contributed by atoms with E-state index in [4.69, 9.17) is 38.4 Å². The van der Waals surface area contributed by atoms with Gasteiger partial charge < -0.3 is 15.2 Å². The molecular formula is C13H16Cl2N4O4S. The normalized spacial score (nSPS) is 11.6. The predicted octanol–water partition coefficient (Wildman–Crippen LogP) is 1.68. The Hall–Kier alpha value is -1.55. The third-order valence-electron chi connectivity index (χ3n) is 3.13. The van der Waals surface area contributed by atoms with Gasteiger partial charge in [-0.05, 0) is 6.07 Å². The number of hydrogen-bond donors (Lipinski definition) is 1. The molecule has 8 nitrogen and oxygen atoms in total. The van der Waals surface area contributed by atoms with Crippen molar-refractivity contribution in [3.63, 3.8) is 0 Å². The van der Waals surface area contributed by atoms with Gasteiger partial charge in [0.25, 0.3) is 11.8 Å². The van der Waals surface area contributed by atoms with Gasteiger partial charge in [-0.1, -0.05) is 23.2 Å². The fraction of sp³-hybridized carbons (Fsp3) is 0.385. The average molecular weight is 395 g/mol. The molecule has 24 heavy (non-hydrogen) atoms. The number of benzene rings is 1. The quantitative estimate of drug-likeness (QED) is 0.793. The van der Waals surface area contributed by atoms with Gasteiger partial charge in [-0.25, -0.2) is 18.4 Å². The van der Waals surface area contributed by atoms with E-state index in [1.807, 2.05) is 0 Å². The number of nitrogens with two attached hydrogens (primary N) is 1. The summed E-state index contributed by atoms with van der Waals surface area (Å²) in [5, 5.41) is 0.163. The van der Waals surface area contributed by atoms with E-state index in [1.165, 1.54) is 20.3 Å². The van der Waals surface area contributed by atoms with Gasteiger partial charge in [0.05, 0.1) is 41.7 Å². The monoisotopic (exact) mass is 394 g/mol. The highest BCUT2D eigenvalue weighted by molar-refractivity contribution is 7.92. The lowest BCUT2D eigenvalue weighted by atomic mass is 10.2. The lowest BCUT2D eigenvalue weighted by Crippen LogP contribution is -2.35. The van der Waals surface area contributed by atoms with E-state index in [0.717, 1.165) is 10.6 Å². The molecule has 0 spiro atoms. The molecule has 0 saturated carbocycles. The van der Waals surface area contributed by atoms with Crippen LogP contribution in [0.3, 0.4) is 0 Å². The van der Waals surface area contributed by atoms with Crippen LogP contribution in [0.25, 0.3) is 11.0 Å². The van der Waals surface area contributed by atoms with Crippen molar-refractivity contribution in [1.29, 1.82) is 0 Å². The van der Waals surface area contributed by atoms with Crippen molar-refractivity contribution >= 4 is 49.9 Å². The van der Waals surface area contributed by atoms with Crippen molar-refractivity contribution in [2.45, 2.75) is 0 Å². The molecule has 132 valence electrons. The maximum Gasteiger partial charge on any atom is 0.278 e. The van der Waals surface area contributed by atoms with Crippen molar-refractivity contribution in [2.75, 3.05) is 37.9 Å². The third kappa shape index (κ3) is 3.44. The highest BCUT2D eigenvalue weighted by atomic mass is 35.5. The van der Waals surface area contributed by atoms with E-state index in [2.05, 4.69) is 9.97 Å². The van der Waals surface area contributed by atoms with Gasteiger partial charge >= 0.3 is 0 Å². The Labute approximate surface area is 149 Å². The zero-order valence-corrected chi connectivity index (χ0v) is 15.5. The Balaban J connectivity index is 2.91. The van der Waals surface area contributed by atoms with E-state index in [9.17, 15) is 8.42 Å². The zero-order chi connectivity index (χ0) is 18.1. The molecule has 0 atom stereocenters. The van der Waals surface area contributed by atoms with Crippen LogP contribution in [0.4, 0.5) is 5.69 Å². The highest BCUT2D eigenvalue weighted by Crippen LogP contribution is 2.41. The second-order valence-electron chi connectivity index (χ2n) is 4.75. The highest BCUT2D eigenvalue weighted by Gasteiger charge is 2.26. The van der Waals surface area contributed by atoms with Gasteiger partial charge in [-0.15, -0.1) is 0 Å². The summed E-state index contributed by atoms with van der Waals surface area (Å²) in [7, 11) is -0.872. The molecule has 0 aliphatic rings. The number of anilines is 1. The minimum absolute atomic E-state index is 0.00399. The average Bonchev–Trinajstić information content (AvgIpc) is 2.52. The number of methoxy groups -OCH3 is 2. The molecule has 0 aliphatic heterocycles. The van der Waals surface area contributed by atoms with Gasteiger partial charge in [-0.2, -0.15) is 0 Å².